The number of nitrogens with zero attached hydrogens (tertiary/aromatic N) is 2. The largest absolute Gasteiger partial charge is 0.476 e. The van der Waals surface area contributed by atoms with Gasteiger partial charge in [-0.2, -0.15) is 0 Å². The molecule has 7 nitrogen and oxygen atoms in total. The molecule has 0 unspecified atom stereocenters. The number of aromatic carboxylic acids is 1. The van der Waals surface area contributed by atoms with Crippen molar-refractivity contribution in [3.8, 4) is 0 Å². The van der Waals surface area contributed by atoms with Crippen LogP contribution in [0.5, 0.6) is 0 Å². The van der Waals surface area contributed by atoms with Gasteiger partial charge in [-0.15, -0.1) is 0 Å². The molecule has 2 rings (SSSR count). The van der Waals surface area contributed by atoms with Crippen molar-refractivity contribution in [2.45, 2.75) is 6.04 Å². The van der Waals surface area contributed by atoms with Crippen LogP contribution in [-0.2, 0) is 0 Å². The number of pyridine rings is 1. The molecule has 0 atom stereocenters. The number of carboxylic acids is 1. The van der Waals surface area contributed by atoms with Crippen LogP contribution in [0.2, 0.25) is 0 Å². The molecular formula is C11H13N3O4. The van der Waals surface area contributed by atoms with E-state index in [9.17, 15) is 9.90 Å². The highest BCUT2D eigenvalue weighted by Gasteiger charge is 2.20. The number of fused-ring (bicyclic) bond motifs is 1. The number of aliphatic hydroxyl groups is 2. The molecule has 96 valence electrons. The molecule has 0 aromatic carbocycles. The third kappa shape index (κ3) is 2.13. The fourth-order valence-corrected chi connectivity index (χ4v) is 1.64. The summed E-state index contributed by atoms with van der Waals surface area (Å²) in [6.45, 7) is -0.632. The van der Waals surface area contributed by atoms with Crippen LogP contribution in [0.3, 0.4) is 0 Å². The van der Waals surface area contributed by atoms with Gasteiger partial charge >= 0.3 is 5.97 Å². The number of imidazole rings is 1. The van der Waals surface area contributed by atoms with Gasteiger partial charge in [-0.1, -0.05) is 6.07 Å². The SMILES string of the molecule is O=C(O)c1c(NC(CO)CO)nc2ccccn12. The van der Waals surface area contributed by atoms with Crippen molar-refractivity contribution in [2.24, 2.45) is 0 Å². The normalized spacial score (nSPS) is 11.1. The quantitative estimate of drug-likeness (QED) is 0.586. The third-order valence-electron chi connectivity index (χ3n) is 2.51. The maximum absolute atomic E-state index is 11.2. The van der Waals surface area contributed by atoms with Crippen molar-refractivity contribution in [3.05, 3.63) is 30.1 Å². The van der Waals surface area contributed by atoms with Gasteiger partial charge in [0.25, 0.3) is 0 Å². The number of anilines is 1. The first-order chi connectivity index (χ1) is 8.67. The molecule has 0 saturated carbocycles. The summed E-state index contributed by atoms with van der Waals surface area (Å²) in [4.78, 5) is 15.3. The second kappa shape index (κ2) is 5.03. The van der Waals surface area contributed by atoms with Crippen LogP contribution in [0, 0.1) is 0 Å². The number of aliphatic hydroxyl groups excluding tert-OH is 2. The Balaban J connectivity index is 2.49. The summed E-state index contributed by atoms with van der Waals surface area (Å²) in [6.07, 6.45) is 1.59. The highest BCUT2D eigenvalue weighted by molar-refractivity contribution is 5.93. The average Bonchev–Trinajstić information content (AvgIpc) is 2.73. The van der Waals surface area contributed by atoms with E-state index in [4.69, 9.17) is 10.2 Å². The fourth-order valence-electron chi connectivity index (χ4n) is 1.64. The van der Waals surface area contributed by atoms with Gasteiger partial charge in [0.2, 0.25) is 0 Å². The fraction of sp³-hybridized carbons (Fsp3) is 0.273. The Kier molecular flexibility index (Phi) is 3.45. The lowest BCUT2D eigenvalue weighted by Gasteiger charge is -2.12. The molecule has 18 heavy (non-hydrogen) atoms. The molecule has 0 aliphatic heterocycles. The Bertz CT molecular complexity index is 562. The Morgan fingerprint density at radius 3 is 2.72 bits per heavy atom. The van der Waals surface area contributed by atoms with Crippen LogP contribution in [0.25, 0.3) is 5.65 Å². The zero-order chi connectivity index (χ0) is 13.1. The minimum absolute atomic E-state index is 0.0301. The minimum atomic E-state index is -1.13. The summed E-state index contributed by atoms with van der Waals surface area (Å²) < 4.78 is 1.43. The van der Waals surface area contributed by atoms with Crippen molar-refractivity contribution in [2.75, 3.05) is 18.5 Å². The predicted molar refractivity (Wildman–Crippen MR) is 63.7 cm³/mol. The maximum atomic E-state index is 11.2. The van der Waals surface area contributed by atoms with Crippen LogP contribution in [0.4, 0.5) is 5.82 Å². The molecular weight excluding hydrogens is 238 g/mol. The van der Waals surface area contributed by atoms with E-state index >= 15 is 0 Å². The molecule has 0 spiro atoms. The lowest BCUT2D eigenvalue weighted by molar-refractivity contribution is 0.0690. The van der Waals surface area contributed by atoms with Gasteiger partial charge in [0, 0.05) is 6.20 Å². The second-order valence-electron chi connectivity index (χ2n) is 3.75. The van der Waals surface area contributed by atoms with E-state index in [0.717, 1.165) is 0 Å². The van der Waals surface area contributed by atoms with Gasteiger partial charge in [-0.25, -0.2) is 9.78 Å². The van der Waals surface area contributed by atoms with Crippen LogP contribution >= 0.6 is 0 Å². The zero-order valence-corrected chi connectivity index (χ0v) is 9.45. The van der Waals surface area contributed by atoms with E-state index in [2.05, 4.69) is 10.3 Å². The Hall–Kier alpha value is -2.12. The van der Waals surface area contributed by atoms with Gasteiger partial charge in [0.05, 0.1) is 19.3 Å². The summed E-state index contributed by atoms with van der Waals surface area (Å²) in [5.74, 6) is -1.01. The highest BCUT2D eigenvalue weighted by atomic mass is 16.4. The maximum Gasteiger partial charge on any atom is 0.356 e. The summed E-state index contributed by atoms with van der Waals surface area (Å²) in [5.41, 5.74) is 0.449. The smallest absolute Gasteiger partial charge is 0.356 e. The molecule has 2 heterocycles. The molecule has 0 radical (unpaired) electrons. The Morgan fingerprint density at radius 1 is 1.39 bits per heavy atom. The van der Waals surface area contributed by atoms with E-state index in [1.54, 1.807) is 24.4 Å². The number of hydrogen-bond donors (Lipinski definition) is 4. The standard InChI is InChI=1S/C11H13N3O4/c15-5-7(6-16)12-10-9(11(17)18)14-4-2-1-3-8(14)13-10/h1-4,7,12,15-16H,5-6H2,(H,17,18). The average molecular weight is 251 g/mol. The summed E-state index contributed by atoms with van der Waals surface area (Å²) in [5, 5.41) is 29.9. The lowest BCUT2D eigenvalue weighted by Crippen LogP contribution is -2.28. The van der Waals surface area contributed by atoms with Crippen molar-refractivity contribution in [3.63, 3.8) is 0 Å². The first-order valence-corrected chi connectivity index (χ1v) is 5.36. The zero-order valence-electron chi connectivity index (χ0n) is 9.45. The van der Waals surface area contributed by atoms with Crippen molar-refractivity contribution in [1.82, 2.24) is 9.38 Å². The Morgan fingerprint density at radius 2 is 2.11 bits per heavy atom. The summed E-state index contributed by atoms with van der Waals surface area (Å²) in [6, 6.07) is 4.46. The molecule has 2 aromatic rings. The van der Waals surface area contributed by atoms with Crippen LogP contribution in [0.1, 0.15) is 10.5 Å². The number of nitrogens with one attached hydrogen (secondary N) is 1. The molecule has 0 amide bonds. The first-order valence-electron chi connectivity index (χ1n) is 5.36. The molecule has 0 saturated heterocycles. The molecule has 2 aromatic heterocycles. The van der Waals surface area contributed by atoms with E-state index in [-0.39, 0.29) is 24.7 Å². The highest BCUT2D eigenvalue weighted by Crippen LogP contribution is 2.18. The second-order valence-corrected chi connectivity index (χ2v) is 3.75. The summed E-state index contributed by atoms with van der Waals surface area (Å²) >= 11 is 0. The number of rotatable bonds is 5. The van der Waals surface area contributed by atoms with Gasteiger partial charge in [-0.3, -0.25) is 4.40 Å². The minimum Gasteiger partial charge on any atom is -0.476 e. The van der Waals surface area contributed by atoms with Crippen LogP contribution in [-0.4, -0.2) is 49.9 Å². The van der Waals surface area contributed by atoms with Gasteiger partial charge in [0.15, 0.2) is 11.5 Å². The van der Waals surface area contributed by atoms with E-state index < -0.39 is 12.0 Å². The predicted octanol–water partition coefficient (Wildman–Crippen LogP) is -0.202. The van der Waals surface area contributed by atoms with E-state index in [1.165, 1.54) is 4.40 Å². The van der Waals surface area contributed by atoms with Crippen molar-refractivity contribution < 1.29 is 20.1 Å². The van der Waals surface area contributed by atoms with Crippen LogP contribution in [0.15, 0.2) is 24.4 Å². The number of carbonyl (C=O) groups is 1. The third-order valence-corrected chi connectivity index (χ3v) is 2.51. The number of aromatic nitrogens is 2. The summed E-state index contributed by atoms with van der Waals surface area (Å²) in [7, 11) is 0. The van der Waals surface area contributed by atoms with Crippen molar-refractivity contribution >= 4 is 17.4 Å². The van der Waals surface area contributed by atoms with E-state index in [0.29, 0.717) is 5.65 Å². The molecule has 4 N–H and O–H groups in total. The van der Waals surface area contributed by atoms with Gasteiger partial charge < -0.3 is 20.6 Å². The number of hydrogen-bond acceptors (Lipinski definition) is 5. The van der Waals surface area contributed by atoms with Gasteiger partial charge in [-0.05, 0) is 12.1 Å². The molecule has 0 bridgehead atoms. The first kappa shape index (κ1) is 12.3. The van der Waals surface area contributed by atoms with Crippen molar-refractivity contribution in [1.29, 1.82) is 0 Å². The topological polar surface area (TPSA) is 107 Å². The van der Waals surface area contributed by atoms with Gasteiger partial charge in [0.1, 0.15) is 5.65 Å². The van der Waals surface area contributed by atoms with Crippen LogP contribution < -0.4 is 5.32 Å². The van der Waals surface area contributed by atoms with E-state index in [1.807, 2.05) is 0 Å². The molecule has 0 aliphatic rings. The molecule has 0 fully saturated rings. The Labute approximate surface area is 102 Å². The lowest BCUT2D eigenvalue weighted by atomic mass is 10.3. The number of carboxylic acid groups (broad SMARTS) is 1. The monoisotopic (exact) mass is 251 g/mol. The molecule has 0 aliphatic carbocycles. The molecule has 7 heteroatoms.